The van der Waals surface area contributed by atoms with Crippen molar-refractivity contribution in [3.05, 3.63) is 18.0 Å². The van der Waals surface area contributed by atoms with E-state index in [1.165, 1.54) is 0 Å². The second kappa shape index (κ2) is 2.88. The lowest BCUT2D eigenvalue weighted by Crippen LogP contribution is -2.62. The first-order valence-corrected chi connectivity index (χ1v) is 4.23. The Labute approximate surface area is 71.7 Å². The zero-order chi connectivity index (χ0) is 8.55. The molecule has 2 unspecified atom stereocenters. The fraction of sp³-hybridized carbons (Fsp3) is 0.625. The highest BCUT2D eigenvalue weighted by atomic mass is 15.2. The maximum absolute atomic E-state index is 5.78. The molecule has 4 nitrogen and oxygen atoms in total. The molecule has 66 valence electrons. The molecule has 1 aromatic heterocycles. The highest BCUT2D eigenvalue weighted by Gasteiger charge is 2.26. The molecule has 2 rings (SSSR count). The molecule has 1 fully saturated rings. The molecule has 1 aliphatic rings. The van der Waals surface area contributed by atoms with Gasteiger partial charge < -0.3 is 11.1 Å². The Hall–Kier alpha value is -0.870. The van der Waals surface area contributed by atoms with Crippen LogP contribution in [0.1, 0.15) is 5.69 Å². The van der Waals surface area contributed by atoms with Gasteiger partial charge in [-0.15, -0.1) is 0 Å². The van der Waals surface area contributed by atoms with E-state index in [4.69, 9.17) is 5.73 Å². The van der Waals surface area contributed by atoms with Gasteiger partial charge in [-0.05, 0) is 6.07 Å². The van der Waals surface area contributed by atoms with Crippen LogP contribution >= 0.6 is 0 Å². The van der Waals surface area contributed by atoms with Crippen LogP contribution in [0.4, 0.5) is 0 Å². The molecule has 0 saturated carbocycles. The van der Waals surface area contributed by atoms with E-state index >= 15 is 0 Å². The van der Waals surface area contributed by atoms with Crippen LogP contribution < -0.4 is 11.1 Å². The number of aryl methyl sites for hydroxylation is 1. The van der Waals surface area contributed by atoms with Crippen LogP contribution in [0, 0.1) is 0 Å². The quantitative estimate of drug-likeness (QED) is 0.608. The second-order valence-corrected chi connectivity index (χ2v) is 3.36. The van der Waals surface area contributed by atoms with Crippen molar-refractivity contribution in [2.75, 3.05) is 6.54 Å². The minimum absolute atomic E-state index is 0.312. The molecule has 2 atom stereocenters. The number of aromatic nitrogens is 2. The van der Waals surface area contributed by atoms with Crippen LogP contribution in [0.15, 0.2) is 12.3 Å². The molecule has 12 heavy (non-hydrogen) atoms. The van der Waals surface area contributed by atoms with Gasteiger partial charge in [0.25, 0.3) is 0 Å². The van der Waals surface area contributed by atoms with Gasteiger partial charge in [-0.2, -0.15) is 5.10 Å². The van der Waals surface area contributed by atoms with Gasteiger partial charge >= 0.3 is 0 Å². The molecular weight excluding hydrogens is 152 g/mol. The van der Waals surface area contributed by atoms with Crippen LogP contribution in [-0.2, 0) is 13.5 Å². The molecule has 0 aliphatic carbocycles. The fourth-order valence-electron chi connectivity index (χ4n) is 1.44. The van der Waals surface area contributed by atoms with Gasteiger partial charge in [-0.1, -0.05) is 0 Å². The Balaban J connectivity index is 1.95. The normalized spacial score (nSPS) is 28.5. The van der Waals surface area contributed by atoms with Crippen LogP contribution in [-0.4, -0.2) is 28.4 Å². The summed E-state index contributed by atoms with van der Waals surface area (Å²) in [5.74, 6) is 0. The summed E-state index contributed by atoms with van der Waals surface area (Å²) in [7, 11) is 1.93. The van der Waals surface area contributed by atoms with Crippen molar-refractivity contribution in [3.63, 3.8) is 0 Å². The molecule has 4 heteroatoms. The molecule has 2 heterocycles. The van der Waals surface area contributed by atoms with Gasteiger partial charge in [0.1, 0.15) is 0 Å². The molecule has 0 amide bonds. The maximum Gasteiger partial charge on any atom is 0.0640 e. The number of hydrogen-bond donors (Lipinski definition) is 2. The fourth-order valence-corrected chi connectivity index (χ4v) is 1.44. The van der Waals surface area contributed by atoms with Crippen LogP contribution in [0.3, 0.4) is 0 Å². The zero-order valence-corrected chi connectivity index (χ0v) is 7.20. The standard InChI is InChI=1S/C8H14N4/c1-12-3-2-6(11-12)4-8-7(9)5-10-8/h2-3,7-8,10H,4-5,9H2,1H3. The number of nitrogens with zero attached hydrogens (tertiary/aromatic N) is 2. The third kappa shape index (κ3) is 1.35. The molecular formula is C8H14N4. The molecule has 0 aromatic carbocycles. The molecule has 0 spiro atoms. The number of rotatable bonds is 2. The van der Waals surface area contributed by atoms with Gasteiger partial charge in [0, 0.05) is 38.3 Å². The maximum atomic E-state index is 5.78. The van der Waals surface area contributed by atoms with E-state index in [0.29, 0.717) is 12.1 Å². The highest BCUT2D eigenvalue weighted by Crippen LogP contribution is 2.07. The average Bonchev–Trinajstić information content (AvgIpc) is 2.44. The predicted molar refractivity (Wildman–Crippen MR) is 46.7 cm³/mol. The van der Waals surface area contributed by atoms with Gasteiger partial charge in [0.15, 0.2) is 0 Å². The highest BCUT2D eigenvalue weighted by molar-refractivity contribution is 5.06. The van der Waals surface area contributed by atoms with Gasteiger partial charge in [0.2, 0.25) is 0 Å². The Morgan fingerprint density at radius 3 is 3.08 bits per heavy atom. The molecule has 1 aromatic rings. The Morgan fingerprint density at radius 2 is 2.67 bits per heavy atom. The summed E-state index contributed by atoms with van der Waals surface area (Å²) in [5.41, 5.74) is 6.90. The van der Waals surface area contributed by atoms with E-state index in [0.717, 1.165) is 18.7 Å². The van der Waals surface area contributed by atoms with Crippen LogP contribution in [0.2, 0.25) is 0 Å². The van der Waals surface area contributed by atoms with Gasteiger partial charge in [-0.3, -0.25) is 4.68 Å². The Kier molecular flexibility index (Phi) is 1.86. The summed E-state index contributed by atoms with van der Waals surface area (Å²) >= 11 is 0. The van der Waals surface area contributed by atoms with Gasteiger partial charge in [0.05, 0.1) is 5.69 Å². The molecule has 1 saturated heterocycles. The van der Waals surface area contributed by atoms with Crippen molar-refractivity contribution >= 4 is 0 Å². The summed E-state index contributed by atoms with van der Waals surface area (Å²) in [4.78, 5) is 0. The number of nitrogens with one attached hydrogen (secondary N) is 1. The van der Waals surface area contributed by atoms with E-state index < -0.39 is 0 Å². The van der Waals surface area contributed by atoms with E-state index in [9.17, 15) is 0 Å². The minimum Gasteiger partial charge on any atom is -0.325 e. The summed E-state index contributed by atoms with van der Waals surface area (Å²) in [6.07, 6.45) is 2.90. The van der Waals surface area contributed by atoms with Crippen molar-refractivity contribution in [1.29, 1.82) is 0 Å². The summed E-state index contributed by atoms with van der Waals surface area (Å²) in [6.45, 7) is 0.942. The lowest BCUT2D eigenvalue weighted by Gasteiger charge is -2.34. The second-order valence-electron chi connectivity index (χ2n) is 3.36. The third-order valence-electron chi connectivity index (χ3n) is 2.33. The summed E-state index contributed by atoms with van der Waals surface area (Å²) in [5, 5.41) is 7.57. The number of nitrogens with two attached hydrogens (primary N) is 1. The van der Waals surface area contributed by atoms with Crippen molar-refractivity contribution in [2.24, 2.45) is 12.8 Å². The molecule has 3 N–H and O–H groups in total. The van der Waals surface area contributed by atoms with Crippen LogP contribution in [0.5, 0.6) is 0 Å². The summed E-state index contributed by atoms with van der Waals surface area (Å²) < 4.78 is 1.82. The zero-order valence-electron chi connectivity index (χ0n) is 7.20. The molecule has 0 radical (unpaired) electrons. The van der Waals surface area contributed by atoms with E-state index in [2.05, 4.69) is 10.4 Å². The van der Waals surface area contributed by atoms with Crippen molar-refractivity contribution < 1.29 is 0 Å². The van der Waals surface area contributed by atoms with Crippen LogP contribution in [0.25, 0.3) is 0 Å². The monoisotopic (exact) mass is 166 g/mol. The largest absolute Gasteiger partial charge is 0.325 e. The summed E-state index contributed by atoms with van der Waals surface area (Å²) in [6, 6.07) is 2.78. The molecule has 0 bridgehead atoms. The SMILES string of the molecule is Cn1ccc(CC2NCC2N)n1. The van der Waals surface area contributed by atoms with Gasteiger partial charge in [-0.25, -0.2) is 0 Å². The lowest BCUT2D eigenvalue weighted by molar-refractivity contribution is 0.307. The predicted octanol–water partition coefficient (Wildman–Crippen LogP) is -0.738. The van der Waals surface area contributed by atoms with E-state index in [-0.39, 0.29) is 0 Å². The first-order valence-electron chi connectivity index (χ1n) is 4.23. The van der Waals surface area contributed by atoms with Crippen molar-refractivity contribution in [1.82, 2.24) is 15.1 Å². The number of hydrogen-bond acceptors (Lipinski definition) is 3. The first kappa shape index (κ1) is 7.76. The van der Waals surface area contributed by atoms with Crippen molar-refractivity contribution in [3.8, 4) is 0 Å². The Morgan fingerprint density at radius 1 is 1.83 bits per heavy atom. The topological polar surface area (TPSA) is 55.9 Å². The molecule has 1 aliphatic heterocycles. The Bertz CT molecular complexity index is 268. The van der Waals surface area contributed by atoms with E-state index in [1.807, 2.05) is 24.0 Å². The average molecular weight is 166 g/mol. The smallest absolute Gasteiger partial charge is 0.0640 e. The first-order chi connectivity index (χ1) is 5.75. The minimum atomic E-state index is 0.312. The third-order valence-corrected chi connectivity index (χ3v) is 2.33. The van der Waals surface area contributed by atoms with E-state index in [1.54, 1.807) is 0 Å². The van der Waals surface area contributed by atoms with Crippen molar-refractivity contribution in [2.45, 2.75) is 18.5 Å². The lowest BCUT2D eigenvalue weighted by atomic mass is 9.97.